The summed E-state index contributed by atoms with van der Waals surface area (Å²) in [6.07, 6.45) is -0.241. The summed E-state index contributed by atoms with van der Waals surface area (Å²) < 4.78 is 21.3. The van der Waals surface area contributed by atoms with Crippen LogP contribution in [0.25, 0.3) is 0 Å². The smallest absolute Gasteiger partial charge is 0.308 e. The molecule has 2 fully saturated rings. The normalized spacial score (nSPS) is 37.7. The number of methoxy groups -OCH3 is 1. The number of carbonyl (C=O) groups is 1. The van der Waals surface area contributed by atoms with E-state index in [-0.39, 0.29) is 30.7 Å². The number of esters is 1. The number of hydrogen-bond acceptors (Lipinski definition) is 5. The van der Waals surface area contributed by atoms with Crippen LogP contribution in [0.2, 0.25) is 0 Å². The highest BCUT2D eigenvalue weighted by molar-refractivity contribution is 5.69. The summed E-state index contributed by atoms with van der Waals surface area (Å²) in [5.41, 5.74) is 0. The van der Waals surface area contributed by atoms with Crippen molar-refractivity contribution in [2.24, 2.45) is 0 Å². The van der Waals surface area contributed by atoms with Crippen LogP contribution in [0.3, 0.4) is 0 Å². The Labute approximate surface area is 88.6 Å². The van der Waals surface area contributed by atoms with Gasteiger partial charge in [-0.25, -0.2) is 0 Å². The van der Waals surface area contributed by atoms with E-state index in [2.05, 4.69) is 4.74 Å². The van der Waals surface area contributed by atoms with Gasteiger partial charge >= 0.3 is 5.97 Å². The molecule has 2 aliphatic heterocycles. The molecule has 2 aliphatic rings. The maximum Gasteiger partial charge on any atom is 0.308 e. The van der Waals surface area contributed by atoms with Crippen LogP contribution in [0.5, 0.6) is 0 Å². The molecule has 0 N–H and O–H groups in total. The van der Waals surface area contributed by atoms with Crippen molar-refractivity contribution < 1.29 is 23.7 Å². The van der Waals surface area contributed by atoms with Crippen LogP contribution in [-0.2, 0) is 23.7 Å². The van der Waals surface area contributed by atoms with Gasteiger partial charge in [0.2, 0.25) is 0 Å². The van der Waals surface area contributed by atoms with E-state index >= 15 is 0 Å². The van der Waals surface area contributed by atoms with Gasteiger partial charge in [-0.1, -0.05) is 0 Å². The Hall–Kier alpha value is -0.650. The van der Waals surface area contributed by atoms with E-state index in [0.29, 0.717) is 6.61 Å². The van der Waals surface area contributed by atoms with Gasteiger partial charge in [0.15, 0.2) is 5.79 Å². The third-order valence-corrected chi connectivity index (χ3v) is 2.66. The van der Waals surface area contributed by atoms with Crippen LogP contribution in [0.15, 0.2) is 0 Å². The van der Waals surface area contributed by atoms with Crippen molar-refractivity contribution in [1.82, 2.24) is 0 Å². The van der Waals surface area contributed by atoms with Crippen molar-refractivity contribution >= 4 is 5.97 Å². The minimum Gasteiger partial charge on any atom is -0.469 e. The molecule has 2 saturated heterocycles. The molecular formula is C10H16O5. The molecule has 0 unspecified atom stereocenters. The van der Waals surface area contributed by atoms with E-state index in [1.807, 2.05) is 13.8 Å². The largest absolute Gasteiger partial charge is 0.469 e. The van der Waals surface area contributed by atoms with Crippen molar-refractivity contribution in [3.05, 3.63) is 0 Å². The van der Waals surface area contributed by atoms with Crippen LogP contribution in [-0.4, -0.2) is 43.8 Å². The van der Waals surface area contributed by atoms with Crippen molar-refractivity contribution in [1.29, 1.82) is 0 Å². The van der Waals surface area contributed by atoms with Gasteiger partial charge in [0.05, 0.1) is 26.2 Å². The number of fused-ring (bicyclic) bond motifs is 1. The third-order valence-electron chi connectivity index (χ3n) is 2.66. The fourth-order valence-corrected chi connectivity index (χ4v) is 2.04. The molecule has 0 aromatic heterocycles. The number of hydrogen-bond donors (Lipinski definition) is 0. The molecule has 15 heavy (non-hydrogen) atoms. The first-order valence-corrected chi connectivity index (χ1v) is 5.06. The summed E-state index contributed by atoms with van der Waals surface area (Å²) in [6.45, 7) is 4.21. The van der Waals surface area contributed by atoms with Crippen LogP contribution in [0.4, 0.5) is 0 Å². The fraction of sp³-hybridized carbons (Fsp3) is 0.900. The summed E-state index contributed by atoms with van der Waals surface area (Å²) in [4.78, 5) is 11.1. The van der Waals surface area contributed by atoms with Gasteiger partial charge in [0, 0.05) is 0 Å². The molecule has 2 rings (SSSR count). The lowest BCUT2D eigenvalue weighted by atomic mass is 10.1. The maximum absolute atomic E-state index is 11.1. The minimum atomic E-state index is -0.576. The molecule has 0 aromatic carbocycles. The highest BCUT2D eigenvalue weighted by Gasteiger charge is 2.50. The van der Waals surface area contributed by atoms with E-state index in [4.69, 9.17) is 14.2 Å². The second-order valence-corrected chi connectivity index (χ2v) is 4.29. The maximum atomic E-state index is 11.1. The Morgan fingerprint density at radius 2 is 2.20 bits per heavy atom. The number of ether oxygens (including phenoxy) is 4. The van der Waals surface area contributed by atoms with Gasteiger partial charge in [-0.3, -0.25) is 4.79 Å². The Morgan fingerprint density at radius 3 is 2.87 bits per heavy atom. The molecule has 86 valence electrons. The summed E-state index contributed by atoms with van der Waals surface area (Å²) in [5.74, 6) is -0.859. The molecule has 0 aliphatic carbocycles. The van der Waals surface area contributed by atoms with E-state index in [9.17, 15) is 4.79 Å². The zero-order chi connectivity index (χ0) is 11.1. The van der Waals surface area contributed by atoms with Crippen molar-refractivity contribution in [3.63, 3.8) is 0 Å². The minimum absolute atomic E-state index is 0.0605. The molecule has 0 bridgehead atoms. The van der Waals surface area contributed by atoms with Gasteiger partial charge in [-0.05, 0) is 13.8 Å². The average Bonchev–Trinajstić information content (AvgIpc) is 2.63. The van der Waals surface area contributed by atoms with Gasteiger partial charge in [-0.15, -0.1) is 0 Å². The monoisotopic (exact) mass is 216 g/mol. The molecule has 0 radical (unpaired) electrons. The molecule has 5 nitrogen and oxygen atoms in total. The predicted octanol–water partition coefficient (Wildman–Crippen LogP) is 0.468. The fourth-order valence-electron chi connectivity index (χ4n) is 2.04. The highest BCUT2D eigenvalue weighted by Crippen LogP contribution is 2.36. The topological polar surface area (TPSA) is 54.0 Å². The van der Waals surface area contributed by atoms with E-state index < -0.39 is 5.79 Å². The van der Waals surface area contributed by atoms with Crippen LogP contribution >= 0.6 is 0 Å². The Kier molecular flexibility index (Phi) is 2.70. The van der Waals surface area contributed by atoms with Gasteiger partial charge < -0.3 is 18.9 Å². The average molecular weight is 216 g/mol. The van der Waals surface area contributed by atoms with Crippen molar-refractivity contribution in [3.8, 4) is 0 Å². The predicted molar refractivity (Wildman–Crippen MR) is 50.2 cm³/mol. The second-order valence-electron chi connectivity index (χ2n) is 4.29. The summed E-state index contributed by atoms with van der Waals surface area (Å²) >= 11 is 0. The Balaban J connectivity index is 1.97. The standard InChI is InChI=1S/C10H16O5/c1-10(2)14-7-5-13-6(9(7)15-10)4-8(11)12-3/h6-7,9H,4-5H2,1-3H3/t6-,7+,9-/m0/s1. The molecular weight excluding hydrogens is 200 g/mol. The summed E-state index contributed by atoms with van der Waals surface area (Å²) in [6, 6.07) is 0. The van der Waals surface area contributed by atoms with E-state index in [0.717, 1.165) is 0 Å². The van der Waals surface area contributed by atoms with E-state index in [1.165, 1.54) is 7.11 Å². The number of rotatable bonds is 2. The zero-order valence-corrected chi connectivity index (χ0v) is 9.19. The van der Waals surface area contributed by atoms with Gasteiger partial charge in [0.1, 0.15) is 12.2 Å². The van der Waals surface area contributed by atoms with Crippen LogP contribution in [0.1, 0.15) is 20.3 Å². The lowest BCUT2D eigenvalue weighted by Gasteiger charge is -2.21. The zero-order valence-electron chi connectivity index (χ0n) is 9.19. The quantitative estimate of drug-likeness (QED) is 0.628. The van der Waals surface area contributed by atoms with Gasteiger partial charge in [0.25, 0.3) is 0 Å². The van der Waals surface area contributed by atoms with E-state index in [1.54, 1.807) is 0 Å². The molecule has 0 aromatic rings. The summed E-state index contributed by atoms with van der Waals surface area (Å²) in [7, 11) is 1.37. The molecule has 0 spiro atoms. The lowest BCUT2D eigenvalue weighted by Crippen LogP contribution is -2.31. The second kappa shape index (κ2) is 3.73. The first-order valence-electron chi connectivity index (χ1n) is 5.06. The van der Waals surface area contributed by atoms with Crippen LogP contribution in [0, 0.1) is 0 Å². The molecule has 0 saturated carbocycles. The Bertz CT molecular complexity index is 263. The SMILES string of the molecule is COC(=O)C[C@@H]1OC[C@H]2OC(C)(C)O[C@@H]12. The number of carbonyl (C=O) groups excluding carboxylic acids is 1. The summed E-state index contributed by atoms with van der Waals surface area (Å²) in [5, 5.41) is 0. The molecule has 5 heteroatoms. The Morgan fingerprint density at radius 1 is 1.47 bits per heavy atom. The van der Waals surface area contributed by atoms with Crippen molar-refractivity contribution in [2.45, 2.75) is 44.4 Å². The first-order chi connectivity index (χ1) is 7.02. The molecule has 2 heterocycles. The lowest BCUT2D eigenvalue weighted by molar-refractivity contribution is -0.178. The molecule has 3 atom stereocenters. The van der Waals surface area contributed by atoms with Crippen LogP contribution < -0.4 is 0 Å². The third kappa shape index (κ3) is 2.14. The van der Waals surface area contributed by atoms with Crippen molar-refractivity contribution in [2.75, 3.05) is 13.7 Å². The molecule has 0 amide bonds. The van der Waals surface area contributed by atoms with Gasteiger partial charge in [-0.2, -0.15) is 0 Å². The first kappa shape index (κ1) is 10.9. The highest BCUT2D eigenvalue weighted by atomic mass is 16.8.